The second-order valence-corrected chi connectivity index (χ2v) is 6.27. The standard InChI is InChI=1S/C22H18N2O3/c1-14-4-3-5-18(10-14)23-24-20-13-21(27-22(20)25)17-7-6-16-12-19(26-2)9-8-15(16)11-17/h3-13,25H,1-2H3. The number of furan rings is 1. The Labute approximate surface area is 156 Å². The first-order chi connectivity index (χ1) is 13.1. The highest BCUT2D eigenvalue weighted by Crippen LogP contribution is 2.37. The van der Waals surface area contributed by atoms with Gasteiger partial charge in [-0.3, -0.25) is 0 Å². The number of nitrogens with zero attached hydrogens (tertiary/aromatic N) is 2. The van der Waals surface area contributed by atoms with Gasteiger partial charge in [0.05, 0.1) is 12.8 Å². The van der Waals surface area contributed by atoms with Crippen LogP contribution in [0.5, 0.6) is 11.7 Å². The van der Waals surface area contributed by atoms with E-state index in [2.05, 4.69) is 10.2 Å². The maximum atomic E-state index is 10.1. The maximum Gasteiger partial charge on any atom is 0.311 e. The Morgan fingerprint density at radius 3 is 2.52 bits per heavy atom. The molecule has 4 rings (SSSR count). The molecule has 0 bridgehead atoms. The predicted molar refractivity (Wildman–Crippen MR) is 105 cm³/mol. The number of fused-ring (bicyclic) bond motifs is 1. The van der Waals surface area contributed by atoms with Crippen molar-refractivity contribution in [3.63, 3.8) is 0 Å². The van der Waals surface area contributed by atoms with Crippen LogP contribution in [0.4, 0.5) is 11.4 Å². The lowest BCUT2D eigenvalue weighted by atomic mass is 10.1. The molecule has 0 fully saturated rings. The number of aromatic hydroxyl groups is 1. The monoisotopic (exact) mass is 358 g/mol. The summed E-state index contributed by atoms with van der Waals surface area (Å²) in [6.07, 6.45) is 0. The Balaban J connectivity index is 1.65. The van der Waals surface area contributed by atoms with Gasteiger partial charge in [0.25, 0.3) is 0 Å². The first kappa shape index (κ1) is 16.8. The van der Waals surface area contributed by atoms with Gasteiger partial charge in [-0.1, -0.05) is 30.3 Å². The van der Waals surface area contributed by atoms with Crippen LogP contribution >= 0.6 is 0 Å². The van der Waals surface area contributed by atoms with Gasteiger partial charge in [-0.25, -0.2) is 0 Å². The predicted octanol–water partition coefficient (Wildman–Crippen LogP) is 6.54. The summed E-state index contributed by atoms with van der Waals surface area (Å²) in [5, 5.41) is 20.5. The minimum atomic E-state index is -0.253. The van der Waals surface area contributed by atoms with Gasteiger partial charge in [-0.2, -0.15) is 5.11 Å². The number of hydrogen-bond donors (Lipinski definition) is 1. The van der Waals surface area contributed by atoms with Crippen LogP contribution in [0.15, 0.2) is 81.4 Å². The Morgan fingerprint density at radius 1 is 0.889 bits per heavy atom. The van der Waals surface area contributed by atoms with E-state index in [1.807, 2.05) is 67.6 Å². The van der Waals surface area contributed by atoms with Crippen molar-refractivity contribution in [2.45, 2.75) is 6.92 Å². The smallest absolute Gasteiger partial charge is 0.311 e. The van der Waals surface area contributed by atoms with Gasteiger partial charge in [0.15, 0.2) is 5.69 Å². The van der Waals surface area contributed by atoms with Crippen molar-refractivity contribution in [3.8, 4) is 23.0 Å². The normalized spacial score (nSPS) is 11.3. The first-order valence-electron chi connectivity index (χ1n) is 8.52. The van der Waals surface area contributed by atoms with E-state index in [9.17, 15) is 5.11 Å². The summed E-state index contributed by atoms with van der Waals surface area (Å²) in [6, 6.07) is 21.1. The summed E-state index contributed by atoms with van der Waals surface area (Å²) in [4.78, 5) is 0. The molecule has 5 nitrogen and oxygen atoms in total. The van der Waals surface area contributed by atoms with Gasteiger partial charge < -0.3 is 14.3 Å². The zero-order chi connectivity index (χ0) is 18.8. The highest BCUT2D eigenvalue weighted by Gasteiger charge is 2.12. The SMILES string of the molecule is COc1ccc2cc(-c3cc(N=Nc4cccc(C)c4)c(O)o3)ccc2c1. The second kappa shape index (κ2) is 6.96. The van der Waals surface area contributed by atoms with Crippen molar-refractivity contribution >= 4 is 22.1 Å². The molecule has 3 aromatic carbocycles. The molecule has 0 aliphatic carbocycles. The summed E-state index contributed by atoms with van der Waals surface area (Å²) >= 11 is 0. The summed E-state index contributed by atoms with van der Waals surface area (Å²) in [7, 11) is 1.65. The first-order valence-corrected chi connectivity index (χ1v) is 8.52. The molecule has 0 aliphatic heterocycles. The van der Waals surface area contributed by atoms with Crippen LogP contribution in [0.2, 0.25) is 0 Å². The van der Waals surface area contributed by atoms with Crippen molar-refractivity contribution in [1.82, 2.24) is 0 Å². The van der Waals surface area contributed by atoms with Crippen molar-refractivity contribution < 1.29 is 14.3 Å². The molecule has 0 aliphatic rings. The molecular formula is C22H18N2O3. The fourth-order valence-corrected chi connectivity index (χ4v) is 2.89. The molecule has 1 aromatic heterocycles. The van der Waals surface area contributed by atoms with Gasteiger partial charge >= 0.3 is 5.95 Å². The van der Waals surface area contributed by atoms with Gasteiger partial charge in [-0.05, 0) is 53.6 Å². The van der Waals surface area contributed by atoms with Crippen LogP contribution in [0.3, 0.4) is 0 Å². The van der Waals surface area contributed by atoms with E-state index >= 15 is 0 Å². The summed E-state index contributed by atoms with van der Waals surface area (Å²) in [5.74, 6) is 1.09. The molecule has 0 unspecified atom stereocenters. The van der Waals surface area contributed by atoms with E-state index < -0.39 is 0 Å². The molecule has 134 valence electrons. The van der Waals surface area contributed by atoms with E-state index in [1.54, 1.807) is 13.2 Å². The Hall–Kier alpha value is -3.60. The quantitative estimate of drug-likeness (QED) is 0.421. The highest BCUT2D eigenvalue weighted by molar-refractivity contribution is 5.88. The molecule has 1 N–H and O–H groups in total. The minimum Gasteiger partial charge on any atom is -0.497 e. The van der Waals surface area contributed by atoms with E-state index in [1.165, 1.54) is 0 Å². The Morgan fingerprint density at radius 2 is 1.70 bits per heavy atom. The third-order valence-electron chi connectivity index (χ3n) is 4.30. The largest absolute Gasteiger partial charge is 0.497 e. The number of ether oxygens (including phenoxy) is 1. The molecule has 0 spiro atoms. The number of methoxy groups -OCH3 is 1. The molecule has 5 heteroatoms. The lowest BCUT2D eigenvalue weighted by Crippen LogP contribution is -1.82. The average Bonchev–Trinajstić information content (AvgIpc) is 3.06. The van der Waals surface area contributed by atoms with E-state index in [0.717, 1.165) is 33.3 Å². The molecular weight excluding hydrogens is 340 g/mol. The average molecular weight is 358 g/mol. The topological polar surface area (TPSA) is 67.3 Å². The molecule has 0 amide bonds. The molecule has 0 radical (unpaired) electrons. The number of aryl methyl sites for hydroxylation is 1. The van der Waals surface area contributed by atoms with E-state index in [4.69, 9.17) is 9.15 Å². The third kappa shape index (κ3) is 3.53. The molecule has 0 atom stereocenters. The lowest BCUT2D eigenvalue weighted by molar-refractivity contribution is 0.339. The van der Waals surface area contributed by atoms with Crippen molar-refractivity contribution in [2.75, 3.05) is 7.11 Å². The zero-order valence-electron chi connectivity index (χ0n) is 15.0. The molecule has 4 aromatic rings. The van der Waals surface area contributed by atoms with Gasteiger partial charge in [0.2, 0.25) is 0 Å². The van der Waals surface area contributed by atoms with E-state index in [-0.39, 0.29) is 5.95 Å². The molecule has 27 heavy (non-hydrogen) atoms. The van der Waals surface area contributed by atoms with Crippen LogP contribution in [-0.2, 0) is 0 Å². The van der Waals surface area contributed by atoms with Gasteiger partial charge in [0, 0.05) is 11.6 Å². The Kier molecular flexibility index (Phi) is 4.34. The summed E-state index contributed by atoms with van der Waals surface area (Å²) in [6.45, 7) is 1.99. The van der Waals surface area contributed by atoms with Crippen LogP contribution in [0.1, 0.15) is 5.56 Å². The zero-order valence-corrected chi connectivity index (χ0v) is 15.0. The van der Waals surface area contributed by atoms with Crippen LogP contribution in [0.25, 0.3) is 22.1 Å². The fraction of sp³-hybridized carbons (Fsp3) is 0.0909. The molecule has 1 heterocycles. The molecule has 0 saturated carbocycles. The molecule has 0 saturated heterocycles. The second-order valence-electron chi connectivity index (χ2n) is 6.27. The summed E-state index contributed by atoms with van der Waals surface area (Å²) < 4.78 is 10.7. The van der Waals surface area contributed by atoms with Gasteiger partial charge in [-0.15, -0.1) is 5.11 Å². The van der Waals surface area contributed by atoms with Crippen molar-refractivity contribution in [1.29, 1.82) is 0 Å². The lowest BCUT2D eigenvalue weighted by Gasteiger charge is -2.04. The fourth-order valence-electron chi connectivity index (χ4n) is 2.89. The van der Waals surface area contributed by atoms with E-state index in [0.29, 0.717) is 11.4 Å². The van der Waals surface area contributed by atoms with Crippen molar-refractivity contribution in [2.24, 2.45) is 10.2 Å². The van der Waals surface area contributed by atoms with Crippen molar-refractivity contribution in [3.05, 3.63) is 72.3 Å². The maximum absolute atomic E-state index is 10.1. The highest BCUT2D eigenvalue weighted by atomic mass is 16.5. The number of azo groups is 1. The number of benzene rings is 3. The van der Waals surface area contributed by atoms with Crippen LogP contribution in [-0.4, -0.2) is 12.2 Å². The minimum absolute atomic E-state index is 0.253. The number of rotatable bonds is 4. The summed E-state index contributed by atoms with van der Waals surface area (Å²) in [5.41, 5.74) is 2.95. The van der Waals surface area contributed by atoms with Gasteiger partial charge in [0.1, 0.15) is 11.5 Å². The third-order valence-corrected chi connectivity index (χ3v) is 4.30. The van der Waals surface area contributed by atoms with Crippen LogP contribution in [0, 0.1) is 6.92 Å². The number of hydrogen-bond acceptors (Lipinski definition) is 5. The van der Waals surface area contributed by atoms with Crippen LogP contribution < -0.4 is 4.74 Å². The Bertz CT molecular complexity index is 1150.